The fourth-order valence-corrected chi connectivity index (χ4v) is 3.87. The highest BCUT2D eigenvalue weighted by Gasteiger charge is 2.39. The predicted octanol–water partition coefficient (Wildman–Crippen LogP) is 1.53. The fraction of sp³-hybridized carbons (Fsp3) is 0.389. The van der Waals surface area contributed by atoms with E-state index in [2.05, 4.69) is 5.10 Å². The predicted molar refractivity (Wildman–Crippen MR) is 99.3 cm³/mol. The number of aromatic nitrogens is 2. The van der Waals surface area contributed by atoms with Crippen LogP contribution in [0.15, 0.2) is 36.7 Å². The van der Waals surface area contributed by atoms with E-state index in [9.17, 15) is 9.59 Å². The van der Waals surface area contributed by atoms with Gasteiger partial charge in [-0.3, -0.25) is 19.2 Å². The first-order valence-corrected chi connectivity index (χ1v) is 9.01. The fourth-order valence-electron chi connectivity index (χ4n) is 3.68. The lowest BCUT2D eigenvalue weighted by molar-refractivity contribution is -0.126. The number of carbonyl (C=O) groups is 2. The molecule has 26 heavy (non-hydrogen) atoms. The number of anilines is 2. The first kappa shape index (κ1) is 17.1. The summed E-state index contributed by atoms with van der Waals surface area (Å²) in [4.78, 5) is 30.9. The molecule has 2 aromatic rings. The monoisotopic (exact) mass is 373 g/mol. The molecule has 2 fully saturated rings. The second-order valence-electron chi connectivity index (χ2n) is 6.66. The van der Waals surface area contributed by atoms with Crippen molar-refractivity contribution in [2.24, 2.45) is 7.05 Å². The molecule has 1 unspecified atom stereocenters. The van der Waals surface area contributed by atoms with Crippen molar-refractivity contribution in [1.29, 1.82) is 0 Å². The lowest BCUT2D eigenvalue weighted by Gasteiger charge is -2.36. The molecule has 3 heterocycles. The molecule has 8 heteroatoms. The van der Waals surface area contributed by atoms with E-state index in [0.29, 0.717) is 31.1 Å². The van der Waals surface area contributed by atoms with E-state index in [0.717, 1.165) is 11.4 Å². The maximum atomic E-state index is 12.9. The van der Waals surface area contributed by atoms with Crippen LogP contribution in [0.3, 0.4) is 0 Å². The van der Waals surface area contributed by atoms with Gasteiger partial charge in [-0.2, -0.15) is 5.10 Å². The minimum Gasteiger partial charge on any atom is -0.311 e. The third-order valence-electron chi connectivity index (χ3n) is 4.99. The Hall–Kier alpha value is -2.38. The summed E-state index contributed by atoms with van der Waals surface area (Å²) >= 11 is 6.05. The number of nitrogens with zero attached hydrogens (tertiary/aromatic N) is 5. The van der Waals surface area contributed by atoms with Gasteiger partial charge in [-0.05, 0) is 24.6 Å². The molecule has 0 saturated carbocycles. The van der Waals surface area contributed by atoms with Crippen LogP contribution in [-0.4, -0.2) is 58.7 Å². The van der Waals surface area contributed by atoms with Crippen LogP contribution in [-0.2, 0) is 16.6 Å². The molecule has 2 aliphatic heterocycles. The van der Waals surface area contributed by atoms with Crippen molar-refractivity contribution >= 4 is 34.8 Å². The molecule has 1 aromatic carbocycles. The largest absolute Gasteiger partial charge is 0.311 e. The van der Waals surface area contributed by atoms with Gasteiger partial charge in [-0.15, -0.1) is 0 Å². The van der Waals surface area contributed by atoms with Gasteiger partial charge in [0.15, 0.2) is 0 Å². The van der Waals surface area contributed by atoms with Crippen molar-refractivity contribution in [3.8, 4) is 0 Å². The maximum Gasteiger partial charge on any atom is 0.244 e. The van der Waals surface area contributed by atoms with Crippen molar-refractivity contribution in [3.05, 3.63) is 41.7 Å². The number of carbonyl (C=O) groups excluding carboxylic acids is 2. The van der Waals surface area contributed by atoms with E-state index in [-0.39, 0.29) is 24.4 Å². The molecule has 0 spiro atoms. The molecule has 7 nitrogen and oxygen atoms in total. The second kappa shape index (κ2) is 6.74. The van der Waals surface area contributed by atoms with Crippen molar-refractivity contribution in [2.45, 2.75) is 12.5 Å². The van der Waals surface area contributed by atoms with Gasteiger partial charge in [0.05, 0.1) is 24.5 Å². The molecule has 2 aliphatic rings. The number of piperazine rings is 1. The molecular weight excluding hydrogens is 354 g/mol. The maximum absolute atomic E-state index is 12.9. The first-order valence-electron chi connectivity index (χ1n) is 8.63. The van der Waals surface area contributed by atoms with Gasteiger partial charge in [-0.25, -0.2) is 0 Å². The highest BCUT2D eigenvalue weighted by molar-refractivity contribution is 6.31. The Balaban J connectivity index is 1.45. The van der Waals surface area contributed by atoms with Crippen LogP contribution in [0.4, 0.5) is 11.4 Å². The van der Waals surface area contributed by atoms with Gasteiger partial charge < -0.3 is 9.80 Å². The van der Waals surface area contributed by atoms with Crippen molar-refractivity contribution in [2.75, 3.05) is 36.0 Å². The van der Waals surface area contributed by atoms with E-state index in [1.165, 1.54) is 0 Å². The van der Waals surface area contributed by atoms with E-state index >= 15 is 0 Å². The van der Waals surface area contributed by atoms with Crippen LogP contribution in [0.25, 0.3) is 0 Å². The standard InChI is InChI=1S/C18H20ClN5O2/c1-21-11-15(10-20-21)23-8-7-22(12-17(23)25)16-5-6-24(18(16)26)14-4-2-3-13(19)9-14/h2-4,9-11,16H,5-8,12H2,1H3. The van der Waals surface area contributed by atoms with Gasteiger partial charge >= 0.3 is 0 Å². The summed E-state index contributed by atoms with van der Waals surface area (Å²) in [6.07, 6.45) is 4.23. The third kappa shape index (κ3) is 3.08. The lowest BCUT2D eigenvalue weighted by Crippen LogP contribution is -2.55. The zero-order chi connectivity index (χ0) is 18.3. The third-order valence-corrected chi connectivity index (χ3v) is 5.23. The molecule has 1 atom stereocenters. The zero-order valence-electron chi connectivity index (χ0n) is 14.5. The van der Waals surface area contributed by atoms with Gasteiger partial charge in [0, 0.05) is 43.6 Å². The topological polar surface area (TPSA) is 61.7 Å². The Morgan fingerprint density at radius 1 is 1.12 bits per heavy atom. The molecular formula is C18H20ClN5O2. The smallest absolute Gasteiger partial charge is 0.244 e. The summed E-state index contributed by atoms with van der Waals surface area (Å²) in [7, 11) is 1.83. The average molecular weight is 374 g/mol. The van der Waals surface area contributed by atoms with Gasteiger partial charge in [0.25, 0.3) is 0 Å². The Morgan fingerprint density at radius 3 is 2.65 bits per heavy atom. The quantitative estimate of drug-likeness (QED) is 0.818. The SMILES string of the molecule is Cn1cc(N2CCN(C3CCN(c4cccc(Cl)c4)C3=O)CC2=O)cn1. The molecule has 0 N–H and O–H groups in total. The number of halogens is 1. The molecule has 1 aromatic heterocycles. The van der Waals surface area contributed by atoms with Gasteiger partial charge in [0.1, 0.15) is 0 Å². The summed E-state index contributed by atoms with van der Waals surface area (Å²) in [5.41, 5.74) is 1.61. The average Bonchev–Trinajstić information content (AvgIpc) is 3.20. The molecule has 2 saturated heterocycles. The Morgan fingerprint density at radius 2 is 1.96 bits per heavy atom. The van der Waals surface area contributed by atoms with E-state index in [1.54, 1.807) is 32.8 Å². The number of hydrogen-bond acceptors (Lipinski definition) is 4. The van der Waals surface area contributed by atoms with Gasteiger partial charge in [-0.1, -0.05) is 17.7 Å². The Kier molecular flexibility index (Phi) is 4.42. The van der Waals surface area contributed by atoms with Crippen LogP contribution in [0, 0.1) is 0 Å². The van der Waals surface area contributed by atoms with Crippen molar-refractivity contribution in [1.82, 2.24) is 14.7 Å². The highest BCUT2D eigenvalue weighted by Crippen LogP contribution is 2.27. The summed E-state index contributed by atoms with van der Waals surface area (Å²) in [5.74, 6) is 0.0353. The van der Waals surface area contributed by atoms with Crippen molar-refractivity contribution in [3.63, 3.8) is 0 Å². The van der Waals surface area contributed by atoms with Crippen LogP contribution in [0.5, 0.6) is 0 Å². The summed E-state index contributed by atoms with van der Waals surface area (Å²) in [6.45, 7) is 2.11. The summed E-state index contributed by atoms with van der Waals surface area (Å²) in [6, 6.07) is 7.06. The molecule has 4 rings (SSSR count). The summed E-state index contributed by atoms with van der Waals surface area (Å²) < 4.78 is 1.68. The molecule has 136 valence electrons. The number of aryl methyl sites for hydroxylation is 1. The minimum absolute atomic E-state index is 0.00162. The molecule has 0 radical (unpaired) electrons. The molecule has 2 amide bonds. The van der Waals surface area contributed by atoms with E-state index in [4.69, 9.17) is 11.6 Å². The number of benzene rings is 1. The van der Waals surface area contributed by atoms with Crippen LogP contribution in [0.1, 0.15) is 6.42 Å². The summed E-state index contributed by atoms with van der Waals surface area (Å²) in [5, 5.41) is 4.73. The minimum atomic E-state index is -0.256. The van der Waals surface area contributed by atoms with E-state index < -0.39 is 0 Å². The Labute approximate surface area is 156 Å². The van der Waals surface area contributed by atoms with Crippen LogP contribution in [0.2, 0.25) is 5.02 Å². The normalized spacial score (nSPS) is 21.7. The highest BCUT2D eigenvalue weighted by atomic mass is 35.5. The van der Waals surface area contributed by atoms with Crippen LogP contribution < -0.4 is 9.80 Å². The van der Waals surface area contributed by atoms with Gasteiger partial charge in [0.2, 0.25) is 11.8 Å². The molecule has 0 bridgehead atoms. The first-order chi connectivity index (χ1) is 12.5. The second-order valence-corrected chi connectivity index (χ2v) is 7.10. The zero-order valence-corrected chi connectivity index (χ0v) is 15.3. The van der Waals surface area contributed by atoms with Crippen molar-refractivity contribution < 1.29 is 9.59 Å². The number of amides is 2. The number of hydrogen-bond donors (Lipinski definition) is 0. The van der Waals surface area contributed by atoms with Crippen LogP contribution >= 0.6 is 11.6 Å². The van der Waals surface area contributed by atoms with E-state index in [1.807, 2.05) is 30.3 Å². The Bertz CT molecular complexity index is 852. The number of rotatable bonds is 3. The molecule has 0 aliphatic carbocycles. The lowest BCUT2D eigenvalue weighted by atomic mass is 10.1.